The fourth-order valence-corrected chi connectivity index (χ4v) is 2.36. The van der Waals surface area contributed by atoms with Crippen molar-refractivity contribution in [2.24, 2.45) is 5.92 Å². The van der Waals surface area contributed by atoms with Crippen LogP contribution < -0.4 is 10.1 Å². The first kappa shape index (κ1) is 17.7. The molecule has 6 heteroatoms. The Balaban J connectivity index is 2.00. The van der Waals surface area contributed by atoms with Crippen LogP contribution in [-0.4, -0.2) is 17.5 Å². The van der Waals surface area contributed by atoms with Crippen LogP contribution in [-0.2, 0) is 4.79 Å². The molecular weight excluding hydrogens is 322 g/mol. The van der Waals surface area contributed by atoms with Crippen molar-refractivity contribution in [2.45, 2.75) is 20.3 Å². The normalized spacial score (nSPS) is 11.2. The standard InChI is InChI=1S/C18H19N3O2S/c1-13(2)7-9-23-16-5-3-14(4-6-16)11-15(12-19)17(22)21-18-20-8-10-24-18/h3-6,8,10-11,13H,7,9H2,1-2H3,(H,20,21,22)/b15-11+. The van der Waals surface area contributed by atoms with Gasteiger partial charge in [-0.05, 0) is 36.1 Å². The number of aromatic nitrogens is 1. The van der Waals surface area contributed by atoms with Crippen molar-refractivity contribution < 1.29 is 9.53 Å². The highest BCUT2D eigenvalue weighted by atomic mass is 32.1. The van der Waals surface area contributed by atoms with Crippen molar-refractivity contribution in [3.63, 3.8) is 0 Å². The lowest BCUT2D eigenvalue weighted by Gasteiger charge is -2.08. The van der Waals surface area contributed by atoms with Crippen molar-refractivity contribution in [3.05, 3.63) is 47.0 Å². The van der Waals surface area contributed by atoms with Crippen LogP contribution in [0.1, 0.15) is 25.8 Å². The predicted octanol–water partition coefficient (Wildman–Crippen LogP) is 4.11. The number of rotatable bonds is 7. The smallest absolute Gasteiger partial charge is 0.268 e. The van der Waals surface area contributed by atoms with Crippen LogP contribution in [0.15, 0.2) is 41.4 Å². The second-order valence-corrected chi connectivity index (χ2v) is 6.46. The molecule has 1 aromatic carbocycles. The van der Waals surface area contributed by atoms with Crippen molar-refractivity contribution in [1.82, 2.24) is 4.98 Å². The van der Waals surface area contributed by atoms with E-state index in [1.54, 1.807) is 17.7 Å². The average Bonchev–Trinajstić information content (AvgIpc) is 3.06. The summed E-state index contributed by atoms with van der Waals surface area (Å²) < 4.78 is 5.65. The molecule has 2 aromatic rings. The molecule has 0 atom stereocenters. The minimum absolute atomic E-state index is 0.0266. The lowest BCUT2D eigenvalue weighted by atomic mass is 10.1. The van der Waals surface area contributed by atoms with Gasteiger partial charge < -0.3 is 4.74 Å². The molecule has 1 amide bonds. The number of anilines is 1. The third-order valence-electron chi connectivity index (χ3n) is 3.17. The van der Waals surface area contributed by atoms with Gasteiger partial charge in [-0.25, -0.2) is 4.98 Å². The first-order chi connectivity index (χ1) is 11.6. The van der Waals surface area contributed by atoms with E-state index >= 15 is 0 Å². The molecule has 1 N–H and O–H groups in total. The van der Waals surface area contributed by atoms with Gasteiger partial charge in [-0.3, -0.25) is 10.1 Å². The van der Waals surface area contributed by atoms with E-state index in [1.807, 2.05) is 30.3 Å². The maximum atomic E-state index is 12.1. The van der Waals surface area contributed by atoms with E-state index in [2.05, 4.69) is 24.1 Å². The monoisotopic (exact) mass is 341 g/mol. The maximum absolute atomic E-state index is 12.1. The molecule has 1 heterocycles. The Morgan fingerprint density at radius 2 is 2.17 bits per heavy atom. The number of benzene rings is 1. The van der Waals surface area contributed by atoms with E-state index in [1.165, 1.54) is 11.3 Å². The fourth-order valence-electron chi connectivity index (χ4n) is 1.84. The number of ether oxygens (including phenoxy) is 1. The molecule has 0 aliphatic carbocycles. The van der Waals surface area contributed by atoms with Crippen molar-refractivity contribution in [1.29, 1.82) is 5.26 Å². The number of hydrogen-bond acceptors (Lipinski definition) is 5. The van der Waals surface area contributed by atoms with Gasteiger partial charge >= 0.3 is 0 Å². The molecule has 0 aliphatic heterocycles. The summed E-state index contributed by atoms with van der Waals surface area (Å²) in [5, 5.41) is 14.0. The van der Waals surface area contributed by atoms with Crippen LogP contribution in [0.2, 0.25) is 0 Å². The second kappa shape index (κ2) is 8.85. The quantitative estimate of drug-likeness (QED) is 0.607. The van der Waals surface area contributed by atoms with Crippen LogP contribution >= 0.6 is 11.3 Å². The average molecular weight is 341 g/mol. The van der Waals surface area contributed by atoms with E-state index in [-0.39, 0.29) is 5.57 Å². The van der Waals surface area contributed by atoms with Crippen molar-refractivity contribution >= 4 is 28.5 Å². The van der Waals surface area contributed by atoms with Crippen LogP contribution in [0.5, 0.6) is 5.75 Å². The van der Waals surface area contributed by atoms with Crippen LogP contribution in [0, 0.1) is 17.2 Å². The zero-order valence-corrected chi connectivity index (χ0v) is 14.5. The fraction of sp³-hybridized carbons (Fsp3) is 0.278. The van der Waals surface area contributed by atoms with Gasteiger partial charge in [0.1, 0.15) is 17.4 Å². The molecule has 0 aliphatic rings. The molecule has 0 saturated heterocycles. The number of nitriles is 1. The Morgan fingerprint density at radius 3 is 2.75 bits per heavy atom. The Hall–Kier alpha value is -2.65. The van der Waals surface area contributed by atoms with Gasteiger partial charge in [0.15, 0.2) is 5.13 Å². The summed E-state index contributed by atoms with van der Waals surface area (Å²) >= 11 is 1.30. The summed E-state index contributed by atoms with van der Waals surface area (Å²) in [6, 6.07) is 9.22. The van der Waals surface area contributed by atoms with Crippen molar-refractivity contribution in [3.8, 4) is 11.8 Å². The number of hydrogen-bond donors (Lipinski definition) is 1. The number of thiazole rings is 1. The number of carbonyl (C=O) groups excluding carboxylic acids is 1. The van der Waals surface area contributed by atoms with Crippen LogP contribution in [0.25, 0.3) is 6.08 Å². The second-order valence-electron chi connectivity index (χ2n) is 5.56. The number of nitrogens with one attached hydrogen (secondary N) is 1. The molecule has 5 nitrogen and oxygen atoms in total. The Bertz CT molecular complexity index is 729. The number of nitrogens with zero attached hydrogens (tertiary/aromatic N) is 2. The molecule has 0 spiro atoms. The molecule has 2 rings (SSSR count). The molecule has 0 saturated carbocycles. The van der Waals surface area contributed by atoms with Gasteiger partial charge in [-0.1, -0.05) is 26.0 Å². The summed E-state index contributed by atoms with van der Waals surface area (Å²) in [5.74, 6) is 0.907. The molecule has 124 valence electrons. The van der Waals surface area contributed by atoms with Gasteiger partial charge in [0.25, 0.3) is 5.91 Å². The van der Waals surface area contributed by atoms with E-state index < -0.39 is 5.91 Å². The molecule has 24 heavy (non-hydrogen) atoms. The van der Waals surface area contributed by atoms with Gasteiger partial charge in [-0.15, -0.1) is 11.3 Å². The SMILES string of the molecule is CC(C)CCOc1ccc(/C=C(\C#N)C(=O)Nc2nccs2)cc1. The third kappa shape index (κ3) is 5.52. The summed E-state index contributed by atoms with van der Waals surface area (Å²) in [6.07, 6.45) is 4.13. The summed E-state index contributed by atoms with van der Waals surface area (Å²) in [4.78, 5) is 16.0. The Kier molecular flexibility index (Phi) is 6.52. The molecule has 0 radical (unpaired) electrons. The highest BCUT2D eigenvalue weighted by Crippen LogP contribution is 2.17. The van der Waals surface area contributed by atoms with Gasteiger partial charge in [0.2, 0.25) is 0 Å². The lowest BCUT2D eigenvalue weighted by molar-refractivity contribution is -0.112. The predicted molar refractivity (Wildman–Crippen MR) is 95.7 cm³/mol. The largest absolute Gasteiger partial charge is 0.494 e. The molecule has 0 bridgehead atoms. The van der Waals surface area contributed by atoms with E-state index in [0.29, 0.717) is 17.7 Å². The molecule has 0 unspecified atom stereocenters. The van der Waals surface area contributed by atoms with E-state index in [0.717, 1.165) is 17.7 Å². The van der Waals surface area contributed by atoms with Crippen LogP contribution in [0.3, 0.4) is 0 Å². The number of carbonyl (C=O) groups is 1. The number of amides is 1. The van der Waals surface area contributed by atoms with Gasteiger partial charge in [0.05, 0.1) is 6.61 Å². The summed E-state index contributed by atoms with van der Waals surface area (Å²) in [5.41, 5.74) is 0.788. The highest BCUT2D eigenvalue weighted by Gasteiger charge is 2.10. The maximum Gasteiger partial charge on any atom is 0.268 e. The Morgan fingerprint density at radius 1 is 1.42 bits per heavy atom. The molecular formula is C18H19N3O2S. The van der Waals surface area contributed by atoms with Gasteiger partial charge in [-0.2, -0.15) is 5.26 Å². The highest BCUT2D eigenvalue weighted by molar-refractivity contribution is 7.13. The minimum atomic E-state index is -0.468. The lowest BCUT2D eigenvalue weighted by Crippen LogP contribution is -2.13. The van der Waals surface area contributed by atoms with Crippen LogP contribution in [0.4, 0.5) is 5.13 Å². The van der Waals surface area contributed by atoms with Crippen molar-refractivity contribution in [2.75, 3.05) is 11.9 Å². The zero-order chi connectivity index (χ0) is 17.4. The third-order valence-corrected chi connectivity index (χ3v) is 3.86. The summed E-state index contributed by atoms with van der Waals surface area (Å²) in [6.45, 7) is 4.97. The zero-order valence-electron chi connectivity index (χ0n) is 13.7. The van der Waals surface area contributed by atoms with Gasteiger partial charge in [0, 0.05) is 11.6 Å². The minimum Gasteiger partial charge on any atom is -0.494 e. The van der Waals surface area contributed by atoms with E-state index in [4.69, 9.17) is 4.74 Å². The topological polar surface area (TPSA) is 75.0 Å². The molecule has 0 fully saturated rings. The van der Waals surface area contributed by atoms with E-state index in [9.17, 15) is 10.1 Å². The Labute approximate surface area is 145 Å². The summed E-state index contributed by atoms with van der Waals surface area (Å²) in [7, 11) is 0. The first-order valence-electron chi connectivity index (χ1n) is 7.64. The molecule has 1 aromatic heterocycles. The first-order valence-corrected chi connectivity index (χ1v) is 8.52.